The molecule has 1 aliphatic heterocycles. The first kappa shape index (κ1) is 12.0. The SMILES string of the molecule is CC(C)CCNC1CCSc2ccccc21. The number of hydrogen-bond donors (Lipinski definition) is 1. The molecule has 0 fully saturated rings. The van der Waals surface area contributed by atoms with Gasteiger partial charge in [-0.15, -0.1) is 11.8 Å². The van der Waals surface area contributed by atoms with E-state index in [9.17, 15) is 0 Å². The van der Waals surface area contributed by atoms with Gasteiger partial charge in [0.2, 0.25) is 0 Å². The Morgan fingerprint density at radius 3 is 3.00 bits per heavy atom. The van der Waals surface area contributed by atoms with Crippen LogP contribution in [0, 0.1) is 5.92 Å². The topological polar surface area (TPSA) is 12.0 Å². The lowest BCUT2D eigenvalue weighted by atomic mass is 10.0. The molecule has 0 spiro atoms. The highest BCUT2D eigenvalue weighted by molar-refractivity contribution is 7.99. The van der Waals surface area contributed by atoms with Crippen LogP contribution in [0.1, 0.15) is 38.3 Å². The molecule has 1 atom stereocenters. The minimum absolute atomic E-state index is 0.580. The number of thioether (sulfide) groups is 1. The van der Waals surface area contributed by atoms with Crippen molar-refractivity contribution in [3.05, 3.63) is 29.8 Å². The maximum absolute atomic E-state index is 3.70. The molecule has 2 heteroatoms. The Balaban J connectivity index is 1.96. The molecule has 1 heterocycles. The normalized spacial score (nSPS) is 19.8. The average molecular weight is 235 g/mol. The third-order valence-electron chi connectivity index (χ3n) is 3.07. The highest BCUT2D eigenvalue weighted by Crippen LogP contribution is 2.35. The second kappa shape index (κ2) is 5.74. The van der Waals surface area contributed by atoms with Gasteiger partial charge in [-0.3, -0.25) is 0 Å². The fourth-order valence-electron chi connectivity index (χ4n) is 2.10. The standard InChI is InChI=1S/C14H21NS/c1-11(2)7-9-15-13-8-10-16-14-6-4-3-5-12(13)14/h3-6,11,13,15H,7-10H2,1-2H3. The summed E-state index contributed by atoms with van der Waals surface area (Å²) in [5.41, 5.74) is 1.50. The zero-order valence-electron chi connectivity index (χ0n) is 10.2. The molecule has 0 amide bonds. The number of fused-ring (bicyclic) bond motifs is 1. The van der Waals surface area contributed by atoms with E-state index in [1.807, 2.05) is 11.8 Å². The molecule has 2 rings (SSSR count). The lowest BCUT2D eigenvalue weighted by Gasteiger charge is -2.26. The first-order chi connectivity index (χ1) is 7.77. The van der Waals surface area contributed by atoms with Gasteiger partial charge in [0.25, 0.3) is 0 Å². The van der Waals surface area contributed by atoms with E-state index in [-0.39, 0.29) is 0 Å². The summed E-state index contributed by atoms with van der Waals surface area (Å²) >= 11 is 1.99. The molecule has 88 valence electrons. The van der Waals surface area contributed by atoms with Gasteiger partial charge in [0, 0.05) is 10.9 Å². The van der Waals surface area contributed by atoms with Crippen LogP contribution in [-0.4, -0.2) is 12.3 Å². The number of hydrogen-bond acceptors (Lipinski definition) is 2. The van der Waals surface area contributed by atoms with Gasteiger partial charge in [-0.1, -0.05) is 32.0 Å². The summed E-state index contributed by atoms with van der Waals surface area (Å²) in [5.74, 6) is 2.04. The van der Waals surface area contributed by atoms with Gasteiger partial charge in [-0.25, -0.2) is 0 Å². The van der Waals surface area contributed by atoms with E-state index in [0.717, 1.165) is 12.5 Å². The van der Waals surface area contributed by atoms with Crippen molar-refractivity contribution in [3.63, 3.8) is 0 Å². The Morgan fingerprint density at radius 2 is 2.19 bits per heavy atom. The van der Waals surface area contributed by atoms with Gasteiger partial charge in [-0.05, 0) is 42.7 Å². The molecule has 1 nitrogen and oxygen atoms in total. The zero-order chi connectivity index (χ0) is 11.4. The second-order valence-corrected chi connectivity index (χ2v) is 6.00. The Labute approximate surface area is 103 Å². The summed E-state index contributed by atoms with van der Waals surface area (Å²) in [4.78, 5) is 1.47. The second-order valence-electron chi connectivity index (χ2n) is 4.86. The van der Waals surface area contributed by atoms with Crippen molar-refractivity contribution in [1.82, 2.24) is 5.32 Å². The summed E-state index contributed by atoms with van der Waals surface area (Å²) in [6.07, 6.45) is 2.53. The van der Waals surface area contributed by atoms with E-state index in [4.69, 9.17) is 0 Å². The van der Waals surface area contributed by atoms with Crippen LogP contribution < -0.4 is 5.32 Å². The van der Waals surface area contributed by atoms with E-state index in [1.54, 1.807) is 0 Å². The largest absolute Gasteiger partial charge is 0.310 e. The molecule has 0 aliphatic carbocycles. The number of nitrogens with one attached hydrogen (secondary N) is 1. The summed E-state index contributed by atoms with van der Waals surface area (Å²) in [6.45, 7) is 5.71. The van der Waals surface area contributed by atoms with Crippen LogP contribution >= 0.6 is 11.8 Å². The van der Waals surface area contributed by atoms with E-state index in [2.05, 4.69) is 43.4 Å². The van der Waals surface area contributed by atoms with Gasteiger partial charge < -0.3 is 5.32 Å². The first-order valence-corrected chi connectivity index (χ1v) is 7.21. The van der Waals surface area contributed by atoms with E-state index in [0.29, 0.717) is 6.04 Å². The third-order valence-corrected chi connectivity index (χ3v) is 4.19. The van der Waals surface area contributed by atoms with Crippen molar-refractivity contribution >= 4 is 11.8 Å². The molecule has 0 saturated heterocycles. The average Bonchev–Trinajstić information content (AvgIpc) is 2.29. The van der Waals surface area contributed by atoms with Crippen LogP contribution in [0.5, 0.6) is 0 Å². The molecular weight excluding hydrogens is 214 g/mol. The highest BCUT2D eigenvalue weighted by Gasteiger charge is 2.19. The Hall–Kier alpha value is -0.470. The van der Waals surface area contributed by atoms with Gasteiger partial charge in [-0.2, -0.15) is 0 Å². The predicted molar refractivity (Wildman–Crippen MR) is 72.0 cm³/mol. The minimum atomic E-state index is 0.580. The van der Waals surface area contributed by atoms with Gasteiger partial charge >= 0.3 is 0 Å². The van der Waals surface area contributed by atoms with Crippen molar-refractivity contribution in [2.45, 2.75) is 37.6 Å². The van der Waals surface area contributed by atoms with Crippen LogP contribution in [0.15, 0.2) is 29.2 Å². The molecule has 1 aliphatic rings. The Kier molecular flexibility index (Phi) is 4.30. The van der Waals surface area contributed by atoms with Crippen LogP contribution in [-0.2, 0) is 0 Å². The van der Waals surface area contributed by atoms with Crippen molar-refractivity contribution in [2.24, 2.45) is 5.92 Å². The monoisotopic (exact) mass is 235 g/mol. The molecule has 16 heavy (non-hydrogen) atoms. The van der Waals surface area contributed by atoms with Crippen molar-refractivity contribution in [3.8, 4) is 0 Å². The van der Waals surface area contributed by atoms with E-state index in [1.165, 1.54) is 29.1 Å². The molecule has 0 aromatic heterocycles. The molecule has 0 saturated carbocycles. The van der Waals surface area contributed by atoms with Crippen molar-refractivity contribution < 1.29 is 0 Å². The molecule has 1 N–H and O–H groups in total. The van der Waals surface area contributed by atoms with Crippen molar-refractivity contribution in [2.75, 3.05) is 12.3 Å². The van der Waals surface area contributed by atoms with Gasteiger partial charge in [0.05, 0.1) is 0 Å². The molecule has 0 bridgehead atoms. The quantitative estimate of drug-likeness (QED) is 0.850. The van der Waals surface area contributed by atoms with Crippen LogP contribution in [0.25, 0.3) is 0 Å². The fourth-order valence-corrected chi connectivity index (χ4v) is 3.23. The third kappa shape index (κ3) is 3.02. The first-order valence-electron chi connectivity index (χ1n) is 6.22. The highest BCUT2D eigenvalue weighted by atomic mass is 32.2. The molecule has 1 aromatic rings. The Bertz CT molecular complexity index is 335. The number of rotatable bonds is 4. The maximum atomic E-state index is 3.70. The fraction of sp³-hybridized carbons (Fsp3) is 0.571. The van der Waals surface area contributed by atoms with Crippen molar-refractivity contribution in [1.29, 1.82) is 0 Å². The van der Waals surface area contributed by atoms with Gasteiger partial charge in [0.15, 0.2) is 0 Å². The van der Waals surface area contributed by atoms with Gasteiger partial charge in [0.1, 0.15) is 0 Å². The lowest BCUT2D eigenvalue weighted by Crippen LogP contribution is -2.26. The predicted octanol–water partition coefficient (Wildman–Crippen LogP) is 3.86. The summed E-state index contributed by atoms with van der Waals surface area (Å²) in [5, 5.41) is 3.70. The van der Waals surface area contributed by atoms with E-state index >= 15 is 0 Å². The molecular formula is C14H21NS. The summed E-state index contributed by atoms with van der Waals surface area (Å²) in [7, 11) is 0. The zero-order valence-corrected chi connectivity index (χ0v) is 11.0. The lowest BCUT2D eigenvalue weighted by molar-refractivity contribution is 0.465. The molecule has 0 radical (unpaired) electrons. The minimum Gasteiger partial charge on any atom is -0.310 e. The molecule has 1 aromatic carbocycles. The van der Waals surface area contributed by atoms with Crippen LogP contribution in [0.4, 0.5) is 0 Å². The maximum Gasteiger partial charge on any atom is 0.0339 e. The molecule has 1 unspecified atom stereocenters. The summed E-state index contributed by atoms with van der Waals surface area (Å²) in [6, 6.07) is 9.39. The van der Waals surface area contributed by atoms with E-state index < -0.39 is 0 Å². The summed E-state index contributed by atoms with van der Waals surface area (Å²) < 4.78 is 0. The smallest absolute Gasteiger partial charge is 0.0339 e. The van der Waals surface area contributed by atoms with Crippen LogP contribution in [0.3, 0.4) is 0 Å². The van der Waals surface area contributed by atoms with Crippen LogP contribution in [0.2, 0.25) is 0 Å². The number of benzene rings is 1. The Morgan fingerprint density at radius 1 is 1.38 bits per heavy atom.